The van der Waals surface area contributed by atoms with Crippen molar-refractivity contribution in [3.8, 4) is 0 Å². The Labute approximate surface area is 91.9 Å². The van der Waals surface area contributed by atoms with Gasteiger partial charge >= 0.3 is 0 Å². The molecular formula is C13H20O2. The largest absolute Gasteiger partial charge is 0.391 e. The van der Waals surface area contributed by atoms with Crippen LogP contribution in [0.5, 0.6) is 0 Å². The molecule has 0 aliphatic rings. The first-order valence-corrected chi connectivity index (χ1v) is 5.36. The standard InChI is InChI=1S/C13H20O2/c1-10-4-5-12(8-11(10)2)6-7-13(14)9-15-3/h4-5,8,13-14H,6-7,9H2,1-3H3. The normalized spacial score (nSPS) is 12.8. The quantitative estimate of drug-likeness (QED) is 0.804. The van der Waals surface area contributed by atoms with Gasteiger partial charge in [-0.2, -0.15) is 0 Å². The number of methoxy groups -OCH3 is 1. The van der Waals surface area contributed by atoms with Crippen molar-refractivity contribution >= 4 is 0 Å². The molecule has 1 aromatic carbocycles. The Hall–Kier alpha value is -0.860. The summed E-state index contributed by atoms with van der Waals surface area (Å²) < 4.78 is 4.88. The van der Waals surface area contributed by atoms with Crippen molar-refractivity contribution in [1.82, 2.24) is 0 Å². The minimum Gasteiger partial charge on any atom is -0.391 e. The van der Waals surface area contributed by atoms with E-state index in [9.17, 15) is 5.11 Å². The van der Waals surface area contributed by atoms with E-state index in [0.29, 0.717) is 6.61 Å². The molecule has 2 nitrogen and oxygen atoms in total. The second-order valence-electron chi connectivity index (χ2n) is 4.07. The summed E-state index contributed by atoms with van der Waals surface area (Å²) >= 11 is 0. The molecule has 0 saturated carbocycles. The van der Waals surface area contributed by atoms with E-state index in [1.807, 2.05) is 0 Å². The Balaban J connectivity index is 2.47. The number of ether oxygens (including phenoxy) is 1. The van der Waals surface area contributed by atoms with Crippen LogP contribution in [0.15, 0.2) is 18.2 Å². The second kappa shape index (κ2) is 5.89. The van der Waals surface area contributed by atoms with Gasteiger partial charge in [0.2, 0.25) is 0 Å². The van der Waals surface area contributed by atoms with E-state index in [1.165, 1.54) is 16.7 Å². The highest BCUT2D eigenvalue weighted by molar-refractivity contribution is 5.29. The molecular weight excluding hydrogens is 188 g/mol. The van der Waals surface area contributed by atoms with Crippen molar-refractivity contribution in [1.29, 1.82) is 0 Å². The molecule has 0 saturated heterocycles. The summed E-state index contributed by atoms with van der Waals surface area (Å²) in [5.74, 6) is 0. The zero-order valence-electron chi connectivity index (χ0n) is 9.79. The van der Waals surface area contributed by atoms with Crippen LogP contribution in [0.3, 0.4) is 0 Å². The van der Waals surface area contributed by atoms with Crippen molar-refractivity contribution in [2.75, 3.05) is 13.7 Å². The molecule has 0 aliphatic carbocycles. The van der Waals surface area contributed by atoms with Gasteiger partial charge in [0.1, 0.15) is 0 Å². The highest BCUT2D eigenvalue weighted by atomic mass is 16.5. The van der Waals surface area contributed by atoms with E-state index in [2.05, 4.69) is 32.0 Å². The van der Waals surface area contributed by atoms with Gasteiger partial charge in [-0.15, -0.1) is 0 Å². The molecule has 15 heavy (non-hydrogen) atoms. The van der Waals surface area contributed by atoms with Crippen molar-refractivity contribution in [3.05, 3.63) is 34.9 Å². The highest BCUT2D eigenvalue weighted by Crippen LogP contribution is 2.12. The fourth-order valence-electron chi connectivity index (χ4n) is 1.57. The smallest absolute Gasteiger partial charge is 0.0776 e. The van der Waals surface area contributed by atoms with Gasteiger partial charge in [-0.25, -0.2) is 0 Å². The lowest BCUT2D eigenvalue weighted by atomic mass is 10.0. The molecule has 1 unspecified atom stereocenters. The highest BCUT2D eigenvalue weighted by Gasteiger charge is 2.04. The van der Waals surface area contributed by atoms with Crippen molar-refractivity contribution in [2.24, 2.45) is 0 Å². The average Bonchev–Trinajstić information content (AvgIpc) is 2.20. The molecule has 1 aromatic rings. The Morgan fingerprint density at radius 3 is 2.60 bits per heavy atom. The third-order valence-corrected chi connectivity index (χ3v) is 2.70. The third kappa shape index (κ3) is 4.02. The molecule has 0 radical (unpaired) electrons. The zero-order valence-corrected chi connectivity index (χ0v) is 9.79. The van der Waals surface area contributed by atoms with Crippen LogP contribution < -0.4 is 0 Å². The van der Waals surface area contributed by atoms with Crippen LogP contribution in [0.1, 0.15) is 23.1 Å². The number of hydrogen-bond donors (Lipinski definition) is 1. The minimum absolute atomic E-state index is 0.350. The Morgan fingerprint density at radius 2 is 2.00 bits per heavy atom. The van der Waals surface area contributed by atoms with E-state index in [-0.39, 0.29) is 6.10 Å². The minimum atomic E-state index is -0.350. The van der Waals surface area contributed by atoms with Crippen LogP contribution in [0, 0.1) is 13.8 Å². The first-order chi connectivity index (χ1) is 7.13. The Kier molecular flexibility index (Phi) is 4.79. The molecule has 0 heterocycles. The molecule has 0 amide bonds. The van der Waals surface area contributed by atoms with Crippen molar-refractivity contribution < 1.29 is 9.84 Å². The summed E-state index contributed by atoms with van der Waals surface area (Å²) in [4.78, 5) is 0. The van der Waals surface area contributed by atoms with Gasteiger partial charge in [-0.1, -0.05) is 18.2 Å². The van der Waals surface area contributed by atoms with E-state index < -0.39 is 0 Å². The monoisotopic (exact) mass is 208 g/mol. The number of hydrogen-bond acceptors (Lipinski definition) is 2. The van der Waals surface area contributed by atoms with Gasteiger partial charge < -0.3 is 9.84 Å². The molecule has 0 spiro atoms. The first-order valence-electron chi connectivity index (χ1n) is 5.36. The molecule has 0 aliphatic heterocycles. The van der Waals surface area contributed by atoms with Crippen molar-refractivity contribution in [2.45, 2.75) is 32.8 Å². The summed E-state index contributed by atoms with van der Waals surface area (Å²) in [5, 5.41) is 9.51. The number of rotatable bonds is 5. The van der Waals surface area contributed by atoms with Gasteiger partial charge in [0.15, 0.2) is 0 Å². The first kappa shape index (κ1) is 12.2. The van der Waals surface area contributed by atoms with Gasteiger partial charge in [0, 0.05) is 7.11 Å². The predicted molar refractivity (Wildman–Crippen MR) is 62.1 cm³/mol. The lowest BCUT2D eigenvalue weighted by Crippen LogP contribution is -2.14. The topological polar surface area (TPSA) is 29.5 Å². The molecule has 1 rings (SSSR count). The maximum absolute atomic E-state index is 9.51. The molecule has 2 heteroatoms. The van der Waals surface area contributed by atoms with Gasteiger partial charge in [0.05, 0.1) is 12.7 Å². The fraction of sp³-hybridized carbons (Fsp3) is 0.538. The molecule has 0 fully saturated rings. The maximum atomic E-state index is 9.51. The molecule has 0 aromatic heterocycles. The van der Waals surface area contributed by atoms with Crippen LogP contribution in [0.25, 0.3) is 0 Å². The SMILES string of the molecule is COCC(O)CCc1ccc(C)c(C)c1. The summed E-state index contributed by atoms with van der Waals surface area (Å²) in [7, 11) is 1.61. The number of aryl methyl sites for hydroxylation is 3. The van der Waals surface area contributed by atoms with Crippen LogP contribution >= 0.6 is 0 Å². The maximum Gasteiger partial charge on any atom is 0.0776 e. The Morgan fingerprint density at radius 1 is 1.27 bits per heavy atom. The summed E-state index contributed by atoms with van der Waals surface area (Å²) in [6.45, 7) is 4.65. The molecule has 1 atom stereocenters. The lowest BCUT2D eigenvalue weighted by molar-refractivity contribution is 0.0595. The fourth-order valence-corrected chi connectivity index (χ4v) is 1.57. The van der Waals surface area contributed by atoms with Gasteiger partial charge in [-0.3, -0.25) is 0 Å². The van der Waals surface area contributed by atoms with E-state index in [1.54, 1.807) is 7.11 Å². The number of aliphatic hydroxyl groups is 1. The predicted octanol–water partition coefficient (Wildman–Crippen LogP) is 2.24. The van der Waals surface area contributed by atoms with E-state index in [4.69, 9.17) is 4.74 Å². The number of aliphatic hydroxyl groups excluding tert-OH is 1. The summed E-state index contributed by atoms with van der Waals surface area (Å²) in [6, 6.07) is 6.45. The van der Waals surface area contributed by atoms with Gasteiger partial charge in [-0.05, 0) is 43.4 Å². The van der Waals surface area contributed by atoms with Gasteiger partial charge in [0.25, 0.3) is 0 Å². The molecule has 1 N–H and O–H groups in total. The lowest BCUT2D eigenvalue weighted by Gasteiger charge is -2.10. The summed E-state index contributed by atoms with van der Waals surface area (Å²) in [5.41, 5.74) is 3.91. The van der Waals surface area contributed by atoms with Crippen LogP contribution in [0.4, 0.5) is 0 Å². The van der Waals surface area contributed by atoms with E-state index >= 15 is 0 Å². The average molecular weight is 208 g/mol. The summed E-state index contributed by atoms with van der Waals surface area (Å²) in [6.07, 6.45) is 1.32. The third-order valence-electron chi connectivity index (χ3n) is 2.70. The zero-order chi connectivity index (χ0) is 11.3. The molecule has 84 valence electrons. The number of benzene rings is 1. The van der Waals surface area contributed by atoms with Crippen molar-refractivity contribution in [3.63, 3.8) is 0 Å². The van der Waals surface area contributed by atoms with E-state index in [0.717, 1.165) is 12.8 Å². The van der Waals surface area contributed by atoms with Crippen LogP contribution in [0.2, 0.25) is 0 Å². The molecule has 0 bridgehead atoms. The second-order valence-corrected chi connectivity index (χ2v) is 4.07. The van der Waals surface area contributed by atoms with Crippen LogP contribution in [-0.4, -0.2) is 24.9 Å². The Bertz CT molecular complexity index is 307. The van der Waals surface area contributed by atoms with Crippen LogP contribution in [-0.2, 0) is 11.2 Å².